The van der Waals surface area contributed by atoms with Gasteiger partial charge in [0.2, 0.25) is 0 Å². The number of aliphatic hydroxyl groups is 1. The van der Waals surface area contributed by atoms with E-state index in [1.807, 2.05) is 0 Å². The van der Waals surface area contributed by atoms with Crippen molar-refractivity contribution in [2.24, 2.45) is 5.41 Å². The van der Waals surface area contributed by atoms with Gasteiger partial charge in [-0.1, -0.05) is 13.3 Å². The summed E-state index contributed by atoms with van der Waals surface area (Å²) in [7, 11) is 0. The molecule has 0 aromatic heterocycles. The first-order valence-corrected chi connectivity index (χ1v) is 8.43. The van der Waals surface area contributed by atoms with Gasteiger partial charge in [0.15, 0.2) is 0 Å². The molecule has 1 saturated heterocycles. The average Bonchev–Trinajstić information content (AvgIpc) is 2.83. The van der Waals surface area contributed by atoms with Crippen molar-refractivity contribution in [3.63, 3.8) is 0 Å². The van der Waals surface area contributed by atoms with Crippen molar-refractivity contribution in [2.45, 2.75) is 51.5 Å². The largest absolute Gasteiger partial charge is 0.396 e. The summed E-state index contributed by atoms with van der Waals surface area (Å²) in [6.45, 7) is 8.67. The fraction of sp³-hybridized carbons (Fsp3) is 1.00. The molecule has 118 valence electrons. The zero-order valence-corrected chi connectivity index (χ0v) is 13.1. The zero-order valence-electron chi connectivity index (χ0n) is 13.1. The number of hydrogen-bond donors (Lipinski definition) is 2. The molecule has 0 radical (unpaired) electrons. The molecule has 2 N–H and O–H groups in total. The van der Waals surface area contributed by atoms with Gasteiger partial charge in [-0.2, -0.15) is 0 Å². The monoisotopic (exact) mass is 284 g/mol. The molecular formula is C16H32N2O2. The van der Waals surface area contributed by atoms with E-state index in [9.17, 15) is 0 Å². The topological polar surface area (TPSA) is 44.7 Å². The summed E-state index contributed by atoms with van der Waals surface area (Å²) in [5, 5.41) is 12.7. The molecule has 0 spiro atoms. The summed E-state index contributed by atoms with van der Waals surface area (Å²) in [6, 6.07) is 0.755. The number of ether oxygens (including phenoxy) is 1. The summed E-state index contributed by atoms with van der Waals surface area (Å²) in [4.78, 5) is 2.63. The van der Waals surface area contributed by atoms with E-state index < -0.39 is 0 Å². The summed E-state index contributed by atoms with van der Waals surface area (Å²) in [5.74, 6) is 0. The molecule has 4 heteroatoms. The molecule has 0 aromatic carbocycles. The van der Waals surface area contributed by atoms with Gasteiger partial charge in [0.25, 0.3) is 0 Å². The van der Waals surface area contributed by atoms with Crippen molar-refractivity contribution >= 4 is 0 Å². The van der Waals surface area contributed by atoms with Crippen molar-refractivity contribution in [3.05, 3.63) is 0 Å². The first kappa shape index (κ1) is 16.2. The lowest BCUT2D eigenvalue weighted by Crippen LogP contribution is -2.50. The van der Waals surface area contributed by atoms with E-state index in [0.29, 0.717) is 12.0 Å². The molecule has 0 bridgehead atoms. The van der Waals surface area contributed by atoms with E-state index in [1.165, 1.54) is 32.1 Å². The molecule has 0 aromatic rings. The molecule has 1 aliphatic carbocycles. The third-order valence-corrected chi connectivity index (χ3v) is 4.84. The fourth-order valence-electron chi connectivity index (χ4n) is 3.35. The van der Waals surface area contributed by atoms with Crippen molar-refractivity contribution in [2.75, 3.05) is 46.0 Å². The van der Waals surface area contributed by atoms with E-state index in [1.54, 1.807) is 0 Å². The lowest BCUT2D eigenvalue weighted by Gasteiger charge is -2.42. The molecule has 4 nitrogen and oxygen atoms in total. The summed E-state index contributed by atoms with van der Waals surface area (Å²) >= 11 is 0. The second kappa shape index (κ2) is 8.32. The Morgan fingerprint density at radius 2 is 2.25 bits per heavy atom. The second-order valence-corrected chi connectivity index (χ2v) is 6.61. The third kappa shape index (κ3) is 4.42. The molecule has 2 rings (SSSR count). The number of hydrogen-bond acceptors (Lipinski definition) is 4. The Hall–Kier alpha value is -0.160. The van der Waals surface area contributed by atoms with Crippen molar-refractivity contribution < 1.29 is 9.84 Å². The minimum atomic E-state index is 0.292. The van der Waals surface area contributed by atoms with Crippen molar-refractivity contribution in [1.29, 1.82) is 0 Å². The maximum Gasteiger partial charge on any atom is 0.0547 e. The molecule has 2 fully saturated rings. The first-order valence-electron chi connectivity index (χ1n) is 8.43. The highest BCUT2D eigenvalue weighted by atomic mass is 16.5. The Balaban J connectivity index is 1.89. The van der Waals surface area contributed by atoms with E-state index >= 15 is 0 Å². The van der Waals surface area contributed by atoms with Gasteiger partial charge in [-0.3, -0.25) is 4.90 Å². The van der Waals surface area contributed by atoms with Crippen LogP contribution >= 0.6 is 0 Å². The van der Waals surface area contributed by atoms with Crippen LogP contribution < -0.4 is 5.32 Å². The fourth-order valence-corrected chi connectivity index (χ4v) is 3.35. The maximum atomic E-state index is 9.12. The summed E-state index contributed by atoms with van der Waals surface area (Å²) in [5.41, 5.74) is 0.292. The normalized spacial score (nSPS) is 27.1. The SMILES string of the molecule is CCCNCC1(CN(CCCO)C2CCC2)CCOC1. The van der Waals surface area contributed by atoms with Crippen LogP contribution in [0, 0.1) is 5.41 Å². The Labute approximate surface area is 123 Å². The van der Waals surface area contributed by atoms with Crippen LogP contribution in [0.2, 0.25) is 0 Å². The molecule has 2 aliphatic rings. The van der Waals surface area contributed by atoms with Crippen LogP contribution in [0.5, 0.6) is 0 Å². The van der Waals surface area contributed by atoms with E-state index in [2.05, 4.69) is 17.1 Å². The molecule has 1 atom stereocenters. The third-order valence-electron chi connectivity index (χ3n) is 4.84. The molecule has 0 amide bonds. The second-order valence-electron chi connectivity index (χ2n) is 6.61. The average molecular weight is 284 g/mol. The quantitative estimate of drug-likeness (QED) is 0.599. The summed E-state index contributed by atoms with van der Waals surface area (Å²) < 4.78 is 5.71. The Kier molecular flexibility index (Phi) is 6.75. The van der Waals surface area contributed by atoms with Crippen LogP contribution in [0.25, 0.3) is 0 Å². The molecular weight excluding hydrogens is 252 g/mol. The van der Waals surface area contributed by atoms with Crippen molar-refractivity contribution in [3.8, 4) is 0 Å². The minimum absolute atomic E-state index is 0.292. The Morgan fingerprint density at radius 1 is 1.40 bits per heavy atom. The van der Waals surface area contributed by atoms with E-state index in [-0.39, 0.29) is 0 Å². The molecule has 1 heterocycles. The van der Waals surface area contributed by atoms with Gasteiger partial charge in [-0.15, -0.1) is 0 Å². The van der Waals surface area contributed by atoms with E-state index in [0.717, 1.165) is 51.9 Å². The van der Waals surface area contributed by atoms with Gasteiger partial charge in [0.05, 0.1) is 6.61 Å². The highest BCUT2D eigenvalue weighted by molar-refractivity contribution is 4.91. The summed E-state index contributed by atoms with van der Waals surface area (Å²) in [6.07, 6.45) is 7.31. The van der Waals surface area contributed by atoms with Gasteiger partial charge in [0, 0.05) is 44.3 Å². The van der Waals surface area contributed by atoms with Crippen LogP contribution in [-0.2, 0) is 4.74 Å². The van der Waals surface area contributed by atoms with Crippen LogP contribution in [0.4, 0.5) is 0 Å². The highest BCUT2D eigenvalue weighted by Gasteiger charge is 2.38. The molecule has 1 saturated carbocycles. The van der Waals surface area contributed by atoms with Gasteiger partial charge < -0.3 is 15.2 Å². The lowest BCUT2D eigenvalue weighted by molar-refractivity contribution is 0.0524. The van der Waals surface area contributed by atoms with Gasteiger partial charge in [0.1, 0.15) is 0 Å². The smallest absolute Gasteiger partial charge is 0.0547 e. The number of aliphatic hydroxyl groups excluding tert-OH is 1. The van der Waals surface area contributed by atoms with Crippen LogP contribution in [0.15, 0.2) is 0 Å². The van der Waals surface area contributed by atoms with Gasteiger partial charge >= 0.3 is 0 Å². The van der Waals surface area contributed by atoms with Crippen LogP contribution in [0.1, 0.15) is 45.4 Å². The van der Waals surface area contributed by atoms with E-state index in [4.69, 9.17) is 9.84 Å². The highest BCUT2D eigenvalue weighted by Crippen LogP contribution is 2.33. The van der Waals surface area contributed by atoms with Crippen LogP contribution in [0.3, 0.4) is 0 Å². The van der Waals surface area contributed by atoms with Crippen molar-refractivity contribution in [1.82, 2.24) is 10.2 Å². The standard InChI is InChI=1S/C16H32N2O2/c1-2-8-17-12-16(7-11-20-14-16)13-18(9-4-10-19)15-5-3-6-15/h15,17,19H,2-14H2,1H3. The Morgan fingerprint density at radius 3 is 2.80 bits per heavy atom. The number of rotatable bonds is 10. The Bertz CT molecular complexity index is 263. The molecule has 1 aliphatic heterocycles. The number of nitrogens with one attached hydrogen (secondary N) is 1. The molecule has 1 unspecified atom stereocenters. The predicted molar refractivity (Wildman–Crippen MR) is 81.9 cm³/mol. The van der Waals surface area contributed by atoms with Gasteiger partial charge in [-0.25, -0.2) is 0 Å². The van der Waals surface area contributed by atoms with Gasteiger partial charge in [-0.05, 0) is 38.6 Å². The maximum absolute atomic E-state index is 9.12. The first-order chi connectivity index (χ1) is 9.79. The predicted octanol–water partition coefficient (Wildman–Crippen LogP) is 1.63. The molecule has 20 heavy (non-hydrogen) atoms. The van der Waals surface area contributed by atoms with Crippen LogP contribution in [-0.4, -0.2) is 62.0 Å². The minimum Gasteiger partial charge on any atom is -0.396 e. The lowest BCUT2D eigenvalue weighted by atomic mass is 9.83. The number of nitrogens with zero attached hydrogens (tertiary/aromatic N) is 1. The zero-order chi connectivity index (χ0) is 14.3.